The molecule has 0 saturated carbocycles. The first kappa shape index (κ1) is 38.9. The van der Waals surface area contributed by atoms with Gasteiger partial charge in [0.1, 0.15) is 11.4 Å². The first-order valence-electron chi connectivity index (χ1n) is 18.2. The molecule has 3 aromatic rings. The molecule has 0 saturated heterocycles. The zero-order chi connectivity index (χ0) is 38.9. The van der Waals surface area contributed by atoms with E-state index in [9.17, 15) is 9.59 Å². The average molecular weight is 709 g/mol. The molecule has 1 aromatic heterocycles. The fourth-order valence-electron chi connectivity index (χ4n) is 6.06. The van der Waals surface area contributed by atoms with Crippen molar-refractivity contribution in [3.05, 3.63) is 142 Å². The van der Waals surface area contributed by atoms with Gasteiger partial charge in [-0.15, -0.1) is 10.2 Å². The molecule has 0 amide bonds. The molecule has 5 rings (SSSR count). The summed E-state index contributed by atoms with van der Waals surface area (Å²) in [6, 6.07) is 22.7. The number of allylic oxidation sites excluding steroid dienone is 10. The molecule has 0 spiro atoms. The Hall–Kier alpha value is -5.30. The second kappa shape index (κ2) is 14.6. The summed E-state index contributed by atoms with van der Waals surface area (Å²) in [4.78, 5) is 27.8. The average Bonchev–Trinajstić information content (AvgIpc) is 3.54. The minimum Gasteiger partial charge on any atom is -0.453 e. The van der Waals surface area contributed by atoms with E-state index in [1.807, 2.05) is 180 Å². The maximum atomic E-state index is 13.9. The van der Waals surface area contributed by atoms with Crippen LogP contribution in [-0.2, 0) is 9.59 Å². The van der Waals surface area contributed by atoms with Crippen molar-refractivity contribution >= 4 is 34.3 Å². The number of carbonyl (C=O) groups excluding carboxylic acids is 2. The number of azo groups is 2. The fourth-order valence-corrected chi connectivity index (χ4v) is 6.06. The number of hydrogen-bond donors (Lipinski definition) is 0. The molecule has 0 atom stereocenters. The van der Waals surface area contributed by atoms with Gasteiger partial charge in [0.05, 0.1) is 11.4 Å². The number of ketones is 2. The second-order valence-corrected chi connectivity index (χ2v) is 17.7. The first-order valence-corrected chi connectivity index (χ1v) is 18.2. The summed E-state index contributed by atoms with van der Waals surface area (Å²) in [5, 5.41) is 18.8. The Morgan fingerprint density at radius 3 is 0.981 bits per heavy atom. The molecule has 0 N–H and O–H groups in total. The number of carbonyl (C=O) groups is 2. The van der Waals surface area contributed by atoms with Crippen LogP contribution in [0.5, 0.6) is 0 Å². The molecule has 2 aliphatic carbocycles. The summed E-state index contributed by atoms with van der Waals surface area (Å²) in [6.07, 6.45) is 7.65. The first-order chi connectivity index (χ1) is 24.6. The van der Waals surface area contributed by atoms with E-state index in [1.54, 1.807) is 0 Å². The highest BCUT2D eigenvalue weighted by molar-refractivity contribution is 6.13. The molecule has 7 heteroatoms. The third kappa shape index (κ3) is 9.02. The lowest BCUT2D eigenvalue weighted by Gasteiger charge is -2.31. The molecule has 53 heavy (non-hydrogen) atoms. The summed E-state index contributed by atoms with van der Waals surface area (Å²) in [6.45, 7) is 24.5. The summed E-state index contributed by atoms with van der Waals surface area (Å²) in [5.41, 5.74) is 4.76. The maximum Gasteiger partial charge on any atom is 0.186 e. The van der Waals surface area contributed by atoms with Crippen LogP contribution in [-0.4, -0.2) is 11.6 Å². The van der Waals surface area contributed by atoms with Gasteiger partial charge in [-0.25, -0.2) is 0 Å². The highest BCUT2D eigenvalue weighted by atomic mass is 16.3. The lowest BCUT2D eigenvalue weighted by molar-refractivity contribution is -0.114. The highest BCUT2D eigenvalue weighted by Crippen LogP contribution is 2.44. The van der Waals surface area contributed by atoms with E-state index < -0.39 is 21.7 Å². The molecule has 0 radical (unpaired) electrons. The van der Waals surface area contributed by atoms with Crippen LogP contribution in [0.1, 0.15) is 94.6 Å². The van der Waals surface area contributed by atoms with Gasteiger partial charge in [-0.1, -0.05) is 119 Å². The third-order valence-corrected chi connectivity index (χ3v) is 9.07. The van der Waals surface area contributed by atoms with Crippen LogP contribution in [0.15, 0.2) is 155 Å². The fraction of sp³-hybridized carbons (Fsp3) is 0.348. The number of benzene rings is 2. The van der Waals surface area contributed by atoms with Crippen LogP contribution in [0, 0.1) is 21.7 Å². The van der Waals surface area contributed by atoms with Gasteiger partial charge in [0, 0.05) is 33.4 Å². The van der Waals surface area contributed by atoms with Gasteiger partial charge in [-0.2, -0.15) is 10.2 Å². The standard InChI is InChI=1S/C46H52N4O3/c1-43(2,3)33-25-29(26-34(41(33)51)44(4,5)6)39(49-47-31-19-15-13-16-20-31)37-23-24-38(53-37)40(50-48-32-21-17-14-18-22-32)30-27-35(45(7,8)9)42(52)36(28-30)46(10,11)12/h13-28H,1-12H3/b49-47+,50-48+. The Morgan fingerprint density at radius 2 is 0.717 bits per heavy atom. The predicted octanol–water partition coefficient (Wildman–Crippen LogP) is 13.3. The zero-order valence-corrected chi connectivity index (χ0v) is 33.3. The number of furan rings is 1. The molecule has 274 valence electrons. The van der Waals surface area contributed by atoms with E-state index in [-0.39, 0.29) is 11.6 Å². The molecule has 0 fully saturated rings. The van der Waals surface area contributed by atoms with Crippen molar-refractivity contribution in [3.63, 3.8) is 0 Å². The number of rotatable bonds is 6. The van der Waals surface area contributed by atoms with Crippen molar-refractivity contribution < 1.29 is 14.0 Å². The van der Waals surface area contributed by atoms with E-state index in [1.165, 1.54) is 0 Å². The molecule has 0 bridgehead atoms. The van der Waals surface area contributed by atoms with Crippen LogP contribution < -0.4 is 0 Å². The molecular weight excluding hydrogens is 657 g/mol. The monoisotopic (exact) mass is 708 g/mol. The van der Waals surface area contributed by atoms with Crippen LogP contribution in [0.2, 0.25) is 0 Å². The minimum absolute atomic E-state index is 0.0244. The van der Waals surface area contributed by atoms with Gasteiger partial charge in [0.15, 0.2) is 23.1 Å². The minimum atomic E-state index is -0.425. The quantitative estimate of drug-likeness (QED) is 0.238. The smallest absolute Gasteiger partial charge is 0.186 e. The van der Waals surface area contributed by atoms with E-state index >= 15 is 0 Å². The van der Waals surface area contributed by atoms with Gasteiger partial charge in [0.2, 0.25) is 0 Å². The van der Waals surface area contributed by atoms with Gasteiger partial charge in [-0.05, 0) is 82.4 Å². The Balaban J connectivity index is 1.81. The normalized spacial score (nSPS) is 16.2. The van der Waals surface area contributed by atoms with E-state index in [0.29, 0.717) is 67.7 Å². The van der Waals surface area contributed by atoms with Gasteiger partial charge < -0.3 is 4.42 Å². The molecule has 2 aliphatic rings. The highest BCUT2D eigenvalue weighted by Gasteiger charge is 2.37. The summed E-state index contributed by atoms with van der Waals surface area (Å²) in [5.74, 6) is 0.934. The lowest BCUT2D eigenvalue weighted by atomic mass is 9.71. The molecule has 0 aliphatic heterocycles. The summed E-state index contributed by atoms with van der Waals surface area (Å²) >= 11 is 0. The SMILES string of the molecule is CC(C)(C)C1=CC(=C(/N=N/c2ccccc2)c2ccc(C(/N=N/c3ccccc3)=C3C=C(C(C)(C)C)C(=O)C(C(C)(C)C)=C3)o2)C=C(C(C)(C)C)C1=O. The number of nitrogens with zero attached hydrogens (tertiary/aromatic N) is 4. The van der Waals surface area contributed by atoms with E-state index in [2.05, 4.69) is 10.2 Å². The Bertz CT molecular complexity index is 1930. The van der Waals surface area contributed by atoms with Crippen molar-refractivity contribution in [2.45, 2.75) is 83.1 Å². The second-order valence-electron chi connectivity index (χ2n) is 17.7. The van der Waals surface area contributed by atoms with E-state index in [0.717, 1.165) is 0 Å². The largest absolute Gasteiger partial charge is 0.453 e. The number of Topliss-reactive ketones (excluding diaryl/α,β-unsaturated/α-hetero) is 2. The zero-order valence-electron chi connectivity index (χ0n) is 33.3. The number of hydrogen-bond acceptors (Lipinski definition) is 7. The van der Waals surface area contributed by atoms with Crippen LogP contribution in [0.4, 0.5) is 11.4 Å². The van der Waals surface area contributed by atoms with Crippen molar-refractivity contribution in [1.82, 2.24) is 0 Å². The van der Waals surface area contributed by atoms with Crippen molar-refractivity contribution in [1.29, 1.82) is 0 Å². The molecule has 2 aromatic carbocycles. The van der Waals surface area contributed by atoms with Crippen LogP contribution in [0.25, 0.3) is 11.4 Å². The molecule has 7 nitrogen and oxygen atoms in total. The Kier molecular flexibility index (Phi) is 10.7. The van der Waals surface area contributed by atoms with E-state index in [4.69, 9.17) is 14.6 Å². The van der Waals surface area contributed by atoms with Gasteiger partial charge in [-0.3, -0.25) is 9.59 Å². The topological polar surface area (TPSA) is 96.7 Å². The van der Waals surface area contributed by atoms with Crippen LogP contribution >= 0.6 is 0 Å². The summed E-state index contributed by atoms with van der Waals surface area (Å²) in [7, 11) is 0. The molecular formula is C46H52N4O3. The third-order valence-electron chi connectivity index (χ3n) is 9.07. The van der Waals surface area contributed by atoms with Crippen LogP contribution in [0.3, 0.4) is 0 Å². The van der Waals surface area contributed by atoms with Gasteiger partial charge >= 0.3 is 0 Å². The Labute approximate surface area is 314 Å². The van der Waals surface area contributed by atoms with Gasteiger partial charge in [0.25, 0.3) is 0 Å². The molecule has 0 unspecified atom stereocenters. The van der Waals surface area contributed by atoms with Crippen molar-refractivity contribution in [2.24, 2.45) is 42.1 Å². The van der Waals surface area contributed by atoms with Crippen molar-refractivity contribution in [2.75, 3.05) is 0 Å². The predicted molar refractivity (Wildman–Crippen MR) is 215 cm³/mol. The molecule has 1 heterocycles. The maximum absolute atomic E-state index is 13.9. The lowest BCUT2D eigenvalue weighted by Crippen LogP contribution is -2.28. The summed E-state index contributed by atoms with van der Waals surface area (Å²) < 4.78 is 6.72. The van der Waals surface area contributed by atoms with Crippen molar-refractivity contribution in [3.8, 4) is 0 Å². The Morgan fingerprint density at radius 1 is 0.434 bits per heavy atom.